The van der Waals surface area contributed by atoms with Crippen LogP contribution in [0.2, 0.25) is 0 Å². The summed E-state index contributed by atoms with van der Waals surface area (Å²) in [6, 6.07) is 12.7. The van der Waals surface area contributed by atoms with E-state index in [9.17, 15) is 4.79 Å². The minimum Gasteiger partial charge on any atom is -0.493 e. The lowest BCUT2D eigenvalue weighted by Crippen LogP contribution is -2.15. The third-order valence-corrected chi connectivity index (χ3v) is 5.92. The number of carbonyl (C=O) groups is 1. The van der Waals surface area contributed by atoms with Crippen LogP contribution < -0.4 is 18.9 Å². The molecule has 0 fully saturated rings. The van der Waals surface area contributed by atoms with Crippen LogP contribution in [0.5, 0.6) is 23.0 Å². The molecular weight excluding hydrogens is 442 g/mol. The molecule has 0 radical (unpaired) electrons. The van der Waals surface area contributed by atoms with Gasteiger partial charge in [-0.25, -0.2) is 0 Å². The monoisotopic (exact) mass is 471 g/mol. The quantitative estimate of drug-likeness (QED) is 0.285. The number of benzene rings is 2. The second-order valence-electron chi connectivity index (χ2n) is 7.50. The van der Waals surface area contributed by atoms with Crippen molar-refractivity contribution in [1.29, 1.82) is 0 Å². The first-order valence-electron chi connectivity index (χ1n) is 10.5. The van der Waals surface area contributed by atoms with Crippen molar-refractivity contribution in [3.63, 3.8) is 0 Å². The highest BCUT2D eigenvalue weighted by molar-refractivity contribution is 7.99. The van der Waals surface area contributed by atoms with Crippen molar-refractivity contribution in [1.82, 2.24) is 14.8 Å². The molecule has 33 heavy (non-hydrogen) atoms. The van der Waals surface area contributed by atoms with E-state index in [1.54, 1.807) is 39.5 Å². The first kappa shape index (κ1) is 24.4. The summed E-state index contributed by atoms with van der Waals surface area (Å²) < 4.78 is 24.0. The van der Waals surface area contributed by atoms with Crippen LogP contribution in [0.4, 0.5) is 0 Å². The molecule has 1 heterocycles. The summed E-state index contributed by atoms with van der Waals surface area (Å²) in [5.74, 6) is 3.22. The van der Waals surface area contributed by atoms with Gasteiger partial charge in [0.2, 0.25) is 0 Å². The molecule has 0 saturated heterocycles. The van der Waals surface area contributed by atoms with Crippen molar-refractivity contribution < 1.29 is 23.7 Å². The molecule has 1 unspecified atom stereocenters. The number of thioether (sulfide) groups is 1. The molecule has 0 bridgehead atoms. The molecule has 0 aliphatic rings. The molecule has 0 spiro atoms. The first-order valence-corrected chi connectivity index (χ1v) is 11.5. The fourth-order valence-corrected chi connectivity index (χ4v) is 4.30. The summed E-state index contributed by atoms with van der Waals surface area (Å²) in [5, 5.41) is 9.36. The van der Waals surface area contributed by atoms with Gasteiger partial charge in [0.25, 0.3) is 0 Å². The van der Waals surface area contributed by atoms with E-state index in [1.165, 1.54) is 11.8 Å². The molecule has 0 saturated carbocycles. The summed E-state index contributed by atoms with van der Waals surface area (Å²) in [5.41, 5.74) is 0.545. The summed E-state index contributed by atoms with van der Waals surface area (Å²) in [4.78, 5) is 12.8. The van der Waals surface area contributed by atoms with Crippen molar-refractivity contribution in [3.8, 4) is 23.0 Å². The Balaban J connectivity index is 1.76. The number of nitrogens with zero attached hydrogens (tertiary/aromatic N) is 3. The fourth-order valence-electron chi connectivity index (χ4n) is 3.33. The molecule has 9 heteroatoms. The van der Waals surface area contributed by atoms with Crippen LogP contribution in [0.15, 0.2) is 47.6 Å². The second kappa shape index (κ2) is 11.1. The lowest BCUT2D eigenvalue weighted by atomic mass is 10.1. The molecule has 2 aromatic carbocycles. The van der Waals surface area contributed by atoms with Crippen LogP contribution in [0.3, 0.4) is 0 Å². The van der Waals surface area contributed by atoms with Crippen molar-refractivity contribution in [2.24, 2.45) is 0 Å². The normalized spacial score (nSPS) is 11.8. The molecule has 1 aromatic heterocycles. The average Bonchev–Trinajstić information content (AvgIpc) is 3.27. The number of carbonyl (C=O) groups excluding carboxylic acids is 1. The second-order valence-corrected chi connectivity index (χ2v) is 8.44. The van der Waals surface area contributed by atoms with E-state index in [2.05, 4.69) is 10.2 Å². The van der Waals surface area contributed by atoms with Gasteiger partial charge >= 0.3 is 0 Å². The van der Waals surface area contributed by atoms with Crippen LogP contribution in [0.1, 0.15) is 49.1 Å². The zero-order valence-corrected chi connectivity index (χ0v) is 20.5. The molecule has 0 amide bonds. The number of methoxy groups -OCH3 is 3. The average molecular weight is 472 g/mol. The Morgan fingerprint density at radius 2 is 1.55 bits per heavy atom. The molecular formula is C24H29N3O5S. The minimum atomic E-state index is -0.368. The smallest absolute Gasteiger partial charge is 0.192 e. The molecule has 8 nitrogen and oxygen atoms in total. The Morgan fingerprint density at radius 3 is 2.18 bits per heavy atom. The Morgan fingerprint density at radius 1 is 0.909 bits per heavy atom. The maximum atomic E-state index is 12.8. The minimum absolute atomic E-state index is 0.0425. The maximum Gasteiger partial charge on any atom is 0.192 e. The first-order chi connectivity index (χ1) is 15.9. The van der Waals surface area contributed by atoms with Crippen molar-refractivity contribution >= 4 is 17.5 Å². The van der Waals surface area contributed by atoms with E-state index in [0.29, 0.717) is 39.5 Å². The van der Waals surface area contributed by atoms with Gasteiger partial charge in [0.05, 0.1) is 27.1 Å². The van der Waals surface area contributed by atoms with E-state index in [0.717, 1.165) is 0 Å². The van der Waals surface area contributed by atoms with E-state index in [4.69, 9.17) is 18.9 Å². The number of aromatic nitrogens is 3. The number of Topliss-reactive ketones (excluding diaryl/α,β-unsaturated/α-hetero) is 1. The lowest BCUT2D eigenvalue weighted by molar-refractivity contribution is 0.102. The Bertz CT molecular complexity index is 1100. The summed E-state index contributed by atoms with van der Waals surface area (Å²) in [6.45, 7) is 6.00. The Labute approximate surface area is 198 Å². The highest BCUT2D eigenvalue weighted by atomic mass is 32.2. The summed E-state index contributed by atoms with van der Waals surface area (Å²) in [6.07, 6.45) is -0.368. The number of rotatable bonds is 11. The Hall–Kier alpha value is -3.20. The molecule has 0 aliphatic heterocycles. The molecule has 176 valence electrons. The number of para-hydroxylation sites is 2. The number of ketones is 1. The standard InChI is InChI=1S/C24H29N3O5S/c1-15(2)27-23(16(3)32-21-10-8-7-9-19(21)29-4)25-26-24(27)33-14-18(28)17-11-12-20(30-5)22(13-17)31-6/h7-13,15-16H,14H2,1-6H3. The zero-order valence-electron chi connectivity index (χ0n) is 19.7. The van der Waals surface area contributed by atoms with E-state index in [1.807, 2.05) is 49.6 Å². The van der Waals surface area contributed by atoms with Gasteiger partial charge in [-0.15, -0.1) is 10.2 Å². The molecule has 0 aliphatic carbocycles. The predicted octanol–water partition coefficient (Wildman–Crippen LogP) is 5.00. The van der Waals surface area contributed by atoms with Gasteiger partial charge in [-0.1, -0.05) is 23.9 Å². The van der Waals surface area contributed by atoms with E-state index in [-0.39, 0.29) is 23.7 Å². The zero-order chi connectivity index (χ0) is 24.0. The Kier molecular flexibility index (Phi) is 8.21. The van der Waals surface area contributed by atoms with Gasteiger partial charge in [-0.2, -0.15) is 0 Å². The van der Waals surface area contributed by atoms with Gasteiger partial charge in [0, 0.05) is 11.6 Å². The van der Waals surface area contributed by atoms with Crippen LogP contribution in [0.25, 0.3) is 0 Å². The van der Waals surface area contributed by atoms with Crippen LogP contribution in [0, 0.1) is 0 Å². The predicted molar refractivity (Wildman–Crippen MR) is 127 cm³/mol. The van der Waals surface area contributed by atoms with Gasteiger partial charge in [0.15, 0.2) is 45.9 Å². The molecule has 3 rings (SSSR count). The van der Waals surface area contributed by atoms with Crippen molar-refractivity contribution in [2.75, 3.05) is 27.1 Å². The SMILES string of the molecule is COc1ccc(C(=O)CSc2nnc(C(C)Oc3ccccc3OC)n2C(C)C)cc1OC. The van der Waals surface area contributed by atoms with E-state index < -0.39 is 0 Å². The maximum absolute atomic E-state index is 12.8. The largest absolute Gasteiger partial charge is 0.493 e. The van der Waals surface area contributed by atoms with Gasteiger partial charge in [-0.05, 0) is 51.1 Å². The molecule has 0 N–H and O–H groups in total. The van der Waals surface area contributed by atoms with Gasteiger partial charge in [0.1, 0.15) is 0 Å². The number of hydrogen-bond donors (Lipinski definition) is 0. The van der Waals surface area contributed by atoms with Crippen LogP contribution >= 0.6 is 11.8 Å². The fraction of sp³-hybridized carbons (Fsp3) is 0.375. The summed E-state index contributed by atoms with van der Waals surface area (Å²) >= 11 is 1.34. The highest BCUT2D eigenvalue weighted by Gasteiger charge is 2.23. The number of hydrogen-bond acceptors (Lipinski definition) is 8. The topological polar surface area (TPSA) is 84.7 Å². The summed E-state index contributed by atoms with van der Waals surface area (Å²) in [7, 11) is 4.71. The molecule has 1 atom stereocenters. The third kappa shape index (κ3) is 5.60. The van der Waals surface area contributed by atoms with Crippen LogP contribution in [-0.4, -0.2) is 47.6 Å². The lowest BCUT2D eigenvalue weighted by Gasteiger charge is -2.19. The van der Waals surface area contributed by atoms with Gasteiger partial charge < -0.3 is 23.5 Å². The third-order valence-electron chi connectivity index (χ3n) is 4.98. The van der Waals surface area contributed by atoms with Crippen LogP contribution in [-0.2, 0) is 0 Å². The van der Waals surface area contributed by atoms with E-state index >= 15 is 0 Å². The number of ether oxygens (including phenoxy) is 4. The van der Waals surface area contributed by atoms with Crippen molar-refractivity contribution in [2.45, 2.75) is 38.1 Å². The molecule has 3 aromatic rings. The highest BCUT2D eigenvalue weighted by Crippen LogP contribution is 2.33. The van der Waals surface area contributed by atoms with Gasteiger partial charge in [-0.3, -0.25) is 4.79 Å². The van der Waals surface area contributed by atoms with Crippen molar-refractivity contribution in [3.05, 3.63) is 53.9 Å².